The van der Waals surface area contributed by atoms with Crippen molar-refractivity contribution in [3.63, 3.8) is 0 Å². The topological polar surface area (TPSA) is 56.8 Å². The number of anilines is 1. The van der Waals surface area contributed by atoms with Crippen LogP contribution in [-0.4, -0.2) is 19.2 Å². The number of hydrogen-bond donors (Lipinski definition) is 1. The smallest absolute Gasteiger partial charge is 0.338 e. The van der Waals surface area contributed by atoms with Crippen LogP contribution in [-0.2, 0) is 17.9 Å². The lowest BCUT2D eigenvalue weighted by atomic mass is 10.1. The first kappa shape index (κ1) is 22.2. The maximum atomic E-state index is 11.8. The van der Waals surface area contributed by atoms with E-state index in [4.69, 9.17) is 14.2 Å². The lowest BCUT2D eigenvalue weighted by Gasteiger charge is -2.14. The molecule has 3 aromatic rings. The van der Waals surface area contributed by atoms with Gasteiger partial charge < -0.3 is 19.5 Å². The van der Waals surface area contributed by atoms with Crippen LogP contribution in [0.5, 0.6) is 11.5 Å². The summed E-state index contributed by atoms with van der Waals surface area (Å²) in [6, 6.07) is 21.5. The summed E-state index contributed by atoms with van der Waals surface area (Å²) in [6.07, 6.45) is 0. The SMILES string of the molecule is CCOC(=O)c1ccc(NCc2ccc(OCc3ccc(C)cc3)c(OCC)c2)cc1. The first-order valence-corrected chi connectivity index (χ1v) is 10.5. The highest BCUT2D eigenvalue weighted by molar-refractivity contribution is 5.89. The van der Waals surface area contributed by atoms with Crippen molar-refractivity contribution in [3.05, 3.63) is 89.0 Å². The Morgan fingerprint density at radius 2 is 1.52 bits per heavy atom. The summed E-state index contributed by atoms with van der Waals surface area (Å²) >= 11 is 0. The van der Waals surface area contributed by atoms with E-state index in [0.717, 1.165) is 28.3 Å². The molecule has 0 fully saturated rings. The molecule has 3 aromatic carbocycles. The molecule has 0 aromatic heterocycles. The minimum Gasteiger partial charge on any atom is -0.490 e. The highest BCUT2D eigenvalue weighted by Gasteiger charge is 2.08. The number of nitrogens with one attached hydrogen (secondary N) is 1. The summed E-state index contributed by atoms with van der Waals surface area (Å²) in [5, 5.41) is 3.36. The van der Waals surface area contributed by atoms with Gasteiger partial charge in [-0.3, -0.25) is 0 Å². The van der Waals surface area contributed by atoms with Gasteiger partial charge in [-0.2, -0.15) is 0 Å². The Morgan fingerprint density at radius 1 is 0.806 bits per heavy atom. The van der Waals surface area contributed by atoms with Gasteiger partial charge in [0.05, 0.1) is 18.8 Å². The Hall–Kier alpha value is -3.47. The standard InChI is InChI=1S/C26H29NO4/c1-4-29-25-16-21(10-15-24(25)31-18-20-8-6-19(3)7-9-20)17-27-23-13-11-22(12-14-23)26(28)30-5-2/h6-16,27H,4-5,17-18H2,1-3H3. The molecule has 0 saturated carbocycles. The van der Waals surface area contributed by atoms with Crippen LogP contribution in [0.2, 0.25) is 0 Å². The van der Waals surface area contributed by atoms with E-state index in [9.17, 15) is 4.79 Å². The van der Waals surface area contributed by atoms with Crippen molar-refractivity contribution in [2.45, 2.75) is 33.9 Å². The lowest BCUT2D eigenvalue weighted by Crippen LogP contribution is -2.05. The van der Waals surface area contributed by atoms with Crippen molar-refractivity contribution >= 4 is 11.7 Å². The quantitative estimate of drug-likeness (QED) is 0.423. The number of benzene rings is 3. The van der Waals surface area contributed by atoms with Crippen LogP contribution in [0.25, 0.3) is 0 Å². The third-order valence-corrected chi connectivity index (χ3v) is 4.72. The molecule has 5 nitrogen and oxygen atoms in total. The molecule has 162 valence electrons. The van der Waals surface area contributed by atoms with Gasteiger partial charge in [-0.1, -0.05) is 35.9 Å². The molecule has 0 aliphatic rings. The molecule has 0 radical (unpaired) electrons. The van der Waals surface area contributed by atoms with Crippen LogP contribution in [0.15, 0.2) is 66.7 Å². The maximum Gasteiger partial charge on any atom is 0.338 e. The van der Waals surface area contributed by atoms with E-state index in [1.165, 1.54) is 5.56 Å². The Labute approximate surface area is 184 Å². The van der Waals surface area contributed by atoms with Crippen LogP contribution in [0.1, 0.15) is 40.9 Å². The Morgan fingerprint density at radius 3 is 2.19 bits per heavy atom. The fourth-order valence-electron chi connectivity index (χ4n) is 3.04. The number of ether oxygens (including phenoxy) is 3. The van der Waals surface area contributed by atoms with Crippen LogP contribution < -0.4 is 14.8 Å². The van der Waals surface area contributed by atoms with E-state index in [1.807, 2.05) is 37.3 Å². The van der Waals surface area contributed by atoms with Crippen LogP contribution >= 0.6 is 0 Å². The van der Waals surface area contributed by atoms with E-state index in [-0.39, 0.29) is 5.97 Å². The van der Waals surface area contributed by atoms with Crippen LogP contribution in [0.4, 0.5) is 5.69 Å². The lowest BCUT2D eigenvalue weighted by molar-refractivity contribution is 0.0526. The minimum atomic E-state index is -0.309. The van der Waals surface area contributed by atoms with Gasteiger partial charge in [-0.15, -0.1) is 0 Å². The second-order valence-corrected chi connectivity index (χ2v) is 7.14. The zero-order valence-corrected chi connectivity index (χ0v) is 18.3. The van der Waals surface area contributed by atoms with Gasteiger partial charge in [0, 0.05) is 12.2 Å². The Bertz CT molecular complexity index is 981. The van der Waals surface area contributed by atoms with E-state index in [1.54, 1.807) is 19.1 Å². The molecule has 0 aliphatic heterocycles. The maximum absolute atomic E-state index is 11.8. The van der Waals surface area contributed by atoms with Gasteiger partial charge in [0.1, 0.15) is 6.61 Å². The first-order valence-electron chi connectivity index (χ1n) is 10.5. The molecular formula is C26H29NO4. The number of carbonyl (C=O) groups excluding carboxylic acids is 1. The average Bonchev–Trinajstić information content (AvgIpc) is 2.79. The first-order chi connectivity index (χ1) is 15.1. The summed E-state index contributed by atoms with van der Waals surface area (Å²) in [4.78, 5) is 11.8. The molecular weight excluding hydrogens is 390 g/mol. The van der Waals surface area contributed by atoms with Crippen LogP contribution in [0, 0.1) is 6.92 Å². The summed E-state index contributed by atoms with van der Waals surface area (Å²) < 4.78 is 16.8. The zero-order chi connectivity index (χ0) is 22.1. The van der Waals surface area contributed by atoms with Crippen molar-refractivity contribution in [2.75, 3.05) is 18.5 Å². The molecule has 0 saturated heterocycles. The molecule has 3 rings (SSSR count). The largest absolute Gasteiger partial charge is 0.490 e. The molecule has 0 spiro atoms. The molecule has 0 bridgehead atoms. The zero-order valence-electron chi connectivity index (χ0n) is 18.3. The summed E-state index contributed by atoms with van der Waals surface area (Å²) in [5.74, 6) is 1.15. The van der Waals surface area contributed by atoms with Crippen molar-refractivity contribution in [2.24, 2.45) is 0 Å². The summed E-state index contributed by atoms with van der Waals surface area (Å²) in [5.41, 5.74) is 4.88. The van der Waals surface area contributed by atoms with Crippen molar-refractivity contribution < 1.29 is 19.0 Å². The molecule has 0 heterocycles. The summed E-state index contributed by atoms with van der Waals surface area (Å²) in [6.45, 7) is 7.86. The number of carbonyl (C=O) groups is 1. The molecule has 0 unspecified atom stereocenters. The van der Waals surface area contributed by atoms with E-state index >= 15 is 0 Å². The molecule has 0 atom stereocenters. The molecule has 0 amide bonds. The van der Waals surface area contributed by atoms with Gasteiger partial charge in [-0.05, 0) is 68.3 Å². The second kappa shape index (κ2) is 11.1. The van der Waals surface area contributed by atoms with Crippen molar-refractivity contribution in [3.8, 4) is 11.5 Å². The molecule has 31 heavy (non-hydrogen) atoms. The average molecular weight is 420 g/mol. The number of hydrogen-bond acceptors (Lipinski definition) is 5. The Balaban J connectivity index is 1.62. The number of rotatable bonds is 10. The van der Waals surface area contributed by atoms with Gasteiger partial charge in [0.25, 0.3) is 0 Å². The molecule has 5 heteroatoms. The minimum absolute atomic E-state index is 0.309. The highest BCUT2D eigenvalue weighted by atomic mass is 16.5. The van der Waals surface area contributed by atoms with E-state index in [0.29, 0.717) is 31.9 Å². The second-order valence-electron chi connectivity index (χ2n) is 7.14. The van der Waals surface area contributed by atoms with Gasteiger partial charge >= 0.3 is 5.97 Å². The van der Waals surface area contributed by atoms with Crippen molar-refractivity contribution in [1.29, 1.82) is 0 Å². The normalized spacial score (nSPS) is 10.4. The van der Waals surface area contributed by atoms with E-state index in [2.05, 4.69) is 36.5 Å². The van der Waals surface area contributed by atoms with Gasteiger partial charge in [0.15, 0.2) is 11.5 Å². The number of aryl methyl sites for hydroxylation is 1. The molecule has 0 aliphatic carbocycles. The number of esters is 1. The fraction of sp³-hybridized carbons (Fsp3) is 0.269. The van der Waals surface area contributed by atoms with Crippen molar-refractivity contribution in [1.82, 2.24) is 0 Å². The van der Waals surface area contributed by atoms with Crippen LogP contribution in [0.3, 0.4) is 0 Å². The van der Waals surface area contributed by atoms with Gasteiger partial charge in [-0.25, -0.2) is 4.79 Å². The summed E-state index contributed by atoms with van der Waals surface area (Å²) in [7, 11) is 0. The molecule has 1 N–H and O–H groups in total. The van der Waals surface area contributed by atoms with E-state index < -0.39 is 0 Å². The third-order valence-electron chi connectivity index (χ3n) is 4.72. The third kappa shape index (κ3) is 6.51. The fourth-order valence-corrected chi connectivity index (χ4v) is 3.04. The Kier molecular flexibility index (Phi) is 7.93. The van der Waals surface area contributed by atoms with Gasteiger partial charge in [0.2, 0.25) is 0 Å². The highest BCUT2D eigenvalue weighted by Crippen LogP contribution is 2.29. The predicted octanol–water partition coefficient (Wildman–Crippen LogP) is 5.76. The monoisotopic (exact) mass is 419 g/mol. The predicted molar refractivity (Wildman–Crippen MR) is 123 cm³/mol.